The van der Waals surface area contributed by atoms with Crippen molar-refractivity contribution in [1.29, 1.82) is 0 Å². The van der Waals surface area contributed by atoms with E-state index in [2.05, 4.69) is 6.92 Å². The summed E-state index contributed by atoms with van der Waals surface area (Å²) < 4.78 is 49.4. The fourth-order valence-electron chi connectivity index (χ4n) is 6.72. The average molecular weight is 489 g/mol. The second kappa shape index (κ2) is 12.5. The Balaban J connectivity index is 1.25. The number of rotatable bonds is 10. The summed E-state index contributed by atoms with van der Waals surface area (Å²) in [6, 6.07) is 4.74. The predicted molar refractivity (Wildman–Crippen MR) is 138 cm³/mol. The van der Waals surface area contributed by atoms with Crippen LogP contribution < -0.4 is 4.74 Å². The van der Waals surface area contributed by atoms with Crippen LogP contribution in [0.4, 0.5) is 13.2 Å². The number of benzene rings is 2. The van der Waals surface area contributed by atoms with Gasteiger partial charge in [0.25, 0.3) is 0 Å². The third-order valence-electron chi connectivity index (χ3n) is 8.90. The van der Waals surface area contributed by atoms with Crippen molar-refractivity contribution in [2.75, 3.05) is 6.61 Å². The van der Waals surface area contributed by atoms with Gasteiger partial charge in [-0.25, -0.2) is 13.2 Å². The summed E-state index contributed by atoms with van der Waals surface area (Å²) in [6.07, 6.45) is 17.6. The van der Waals surface area contributed by atoms with Crippen LogP contribution in [0.2, 0.25) is 0 Å². The third-order valence-corrected chi connectivity index (χ3v) is 8.90. The van der Waals surface area contributed by atoms with Crippen molar-refractivity contribution in [3.63, 3.8) is 0 Å². The number of hydrogen-bond donors (Lipinski definition) is 0. The minimum Gasteiger partial charge on any atom is -0.491 e. The van der Waals surface area contributed by atoms with Crippen LogP contribution in [0.25, 0.3) is 10.8 Å². The molecule has 4 rings (SSSR count). The van der Waals surface area contributed by atoms with Crippen LogP contribution in [0.1, 0.15) is 103 Å². The van der Waals surface area contributed by atoms with E-state index in [0.29, 0.717) is 23.3 Å². The smallest absolute Gasteiger partial charge is 0.175 e. The van der Waals surface area contributed by atoms with E-state index in [1.807, 2.05) is 0 Å². The Morgan fingerprint density at radius 2 is 1.23 bits per heavy atom. The van der Waals surface area contributed by atoms with Gasteiger partial charge in [-0.2, -0.15) is 0 Å². The third kappa shape index (κ3) is 6.54. The second-order valence-electron chi connectivity index (χ2n) is 11.3. The lowest BCUT2D eigenvalue weighted by Gasteiger charge is -2.32. The van der Waals surface area contributed by atoms with Gasteiger partial charge in [-0.15, -0.1) is 0 Å². The van der Waals surface area contributed by atoms with E-state index in [1.165, 1.54) is 83.1 Å². The van der Waals surface area contributed by atoms with Crippen LogP contribution >= 0.6 is 0 Å². The van der Waals surface area contributed by atoms with Gasteiger partial charge in [-0.05, 0) is 66.5 Å². The van der Waals surface area contributed by atoms with Crippen molar-refractivity contribution in [2.45, 2.75) is 104 Å². The molecule has 2 saturated carbocycles. The van der Waals surface area contributed by atoms with Crippen LogP contribution in [0.15, 0.2) is 18.2 Å². The topological polar surface area (TPSA) is 9.23 Å². The summed E-state index contributed by atoms with van der Waals surface area (Å²) in [4.78, 5) is 0. The lowest BCUT2D eigenvalue weighted by atomic mass is 9.74. The van der Waals surface area contributed by atoms with Crippen molar-refractivity contribution in [1.82, 2.24) is 0 Å². The molecule has 0 amide bonds. The average Bonchev–Trinajstić information content (AvgIpc) is 2.87. The summed E-state index contributed by atoms with van der Waals surface area (Å²) in [7, 11) is 0. The molecule has 0 unspecified atom stereocenters. The fraction of sp³-hybridized carbons (Fsp3) is 0.677. The number of aryl methyl sites for hydroxylation is 1. The highest BCUT2D eigenvalue weighted by molar-refractivity contribution is 5.86. The SMILES string of the molecule is CCCC1CCC(CCC2CCC(CCc3cc4ccc(OCC)c(F)c4c(F)c3F)CC2)CC1. The Morgan fingerprint density at radius 3 is 1.77 bits per heavy atom. The maximum Gasteiger partial charge on any atom is 0.175 e. The fourth-order valence-corrected chi connectivity index (χ4v) is 6.72. The molecule has 194 valence electrons. The normalized spacial score (nSPS) is 25.2. The first-order valence-electron chi connectivity index (χ1n) is 14.2. The summed E-state index contributed by atoms with van der Waals surface area (Å²) in [6.45, 7) is 4.31. The van der Waals surface area contributed by atoms with E-state index in [4.69, 9.17) is 4.74 Å². The summed E-state index contributed by atoms with van der Waals surface area (Å²) in [5, 5.41) is 0.0869. The first-order chi connectivity index (χ1) is 17.0. The minimum absolute atomic E-state index is 0.0352. The van der Waals surface area contributed by atoms with Gasteiger partial charge in [-0.1, -0.05) is 90.0 Å². The van der Waals surface area contributed by atoms with Gasteiger partial charge in [0.2, 0.25) is 0 Å². The van der Waals surface area contributed by atoms with Crippen LogP contribution in [0, 0.1) is 41.1 Å². The number of ether oxygens (including phenoxy) is 1. The van der Waals surface area contributed by atoms with Gasteiger partial charge in [0.1, 0.15) is 0 Å². The lowest BCUT2D eigenvalue weighted by molar-refractivity contribution is 0.209. The minimum atomic E-state index is -1.09. The summed E-state index contributed by atoms with van der Waals surface area (Å²) in [5.74, 6) is 0.492. The predicted octanol–water partition coefficient (Wildman–Crippen LogP) is 9.78. The largest absolute Gasteiger partial charge is 0.491 e. The molecule has 0 aromatic heterocycles. The van der Waals surface area contributed by atoms with Crippen molar-refractivity contribution in [3.8, 4) is 5.75 Å². The van der Waals surface area contributed by atoms with Crippen LogP contribution in [0.5, 0.6) is 5.75 Å². The van der Waals surface area contributed by atoms with Gasteiger partial charge in [0.15, 0.2) is 23.2 Å². The quantitative estimate of drug-likeness (QED) is 0.323. The van der Waals surface area contributed by atoms with E-state index in [9.17, 15) is 13.2 Å². The number of fused-ring (bicyclic) bond motifs is 1. The Bertz CT molecular complexity index is 956. The van der Waals surface area contributed by atoms with Crippen LogP contribution in [0.3, 0.4) is 0 Å². The molecule has 0 spiro atoms. The second-order valence-corrected chi connectivity index (χ2v) is 11.3. The highest BCUT2D eigenvalue weighted by Gasteiger charge is 2.25. The first kappa shape index (κ1) is 26.4. The molecule has 0 atom stereocenters. The molecule has 2 fully saturated rings. The van der Waals surface area contributed by atoms with E-state index >= 15 is 0 Å². The van der Waals surface area contributed by atoms with Crippen LogP contribution in [-0.2, 0) is 6.42 Å². The first-order valence-corrected chi connectivity index (χ1v) is 14.2. The summed E-state index contributed by atoms with van der Waals surface area (Å²) in [5.41, 5.74) is 0.361. The molecule has 2 aliphatic carbocycles. The molecule has 2 aromatic carbocycles. The molecule has 2 aromatic rings. The van der Waals surface area contributed by atoms with Crippen molar-refractivity contribution in [2.24, 2.45) is 23.7 Å². The molecule has 2 aliphatic rings. The summed E-state index contributed by atoms with van der Waals surface area (Å²) >= 11 is 0. The maximum absolute atomic E-state index is 14.8. The monoisotopic (exact) mass is 488 g/mol. The highest BCUT2D eigenvalue weighted by Crippen LogP contribution is 2.39. The van der Waals surface area contributed by atoms with E-state index in [1.54, 1.807) is 19.1 Å². The Hall–Kier alpha value is -1.71. The van der Waals surface area contributed by atoms with Crippen molar-refractivity contribution < 1.29 is 17.9 Å². The zero-order chi connectivity index (χ0) is 24.8. The zero-order valence-electron chi connectivity index (χ0n) is 21.7. The zero-order valence-corrected chi connectivity index (χ0v) is 21.7. The Morgan fingerprint density at radius 1 is 0.686 bits per heavy atom. The molecule has 0 aliphatic heterocycles. The maximum atomic E-state index is 14.8. The van der Waals surface area contributed by atoms with Gasteiger partial charge < -0.3 is 4.74 Å². The molecular weight excluding hydrogens is 445 g/mol. The van der Waals surface area contributed by atoms with Crippen molar-refractivity contribution in [3.05, 3.63) is 41.2 Å². The van der Waals surface area contributed by atoms with E-state index in [-0.39, 0.29) is 17.7 Å². The van der Waals surface area contributed by atoms with Gasteiger partial charge >= 0.3 is 0 Å². The van der Waals surface area contributed by atoms with E-state index in [0.717, 1.165) is 24.2 Å². The van der Waals surface area contributed by atoms with Gasteiger partial charge in [0, 0.05) is 0 Å². The molecule has 35 heavy (non-hydrogen) atoms. The van der Waals surface area contributed by atoms with Crippen molar-refractivity contribution >= 4 is 10.8 Å². The lowest BCUT2D eigenvalue weighted by Crippen LogP contribution is -2.18. The molecule has 1 nitrogen and oxygen atoms in total. The molecule has 0 saturated heterocycles. The van der Waals surface area contributed by atoms with E-state index < -0.39 is 17.5 Å². The molecule has 0 heterocycles. The molecule has 0 N–H and O–H groups in total. The van der Waals surface area contributed by atoms with Gasteiger partial charge in [0.05, 0.1) is 12.0 Å². The number of halogens is 3. The highest BCUT2D eigenvalue weighted by atomic mass is 19.2. The van der Waals surface area contributed by atoms with Gasteiger partial charge in [-0.3, -0.25) is 0 Å². The van der Waals surface area contributed by atoms with Crippen LogP contribution in [-0.4, -0.2) is 6.61 Å². The Kier molecular flexibility index (Phi) is 9.41. The number of hydrogen-bond acceptors (Lipinski definition) is 1. The molecule has 0 radical (unpaired) electrons. The molecule has 0 bridgehead atoms. The molecule has 4 heteroatoms. The standard InChI is InChI=1S/C31H43F3O/c1-3-5-21-6-8-22(9-7-21)10-11-23-12-14-24(15-13-23)16-17-26-20-25-18-19-27(35-4-2)30(33)28(25)31(34)29(26)32/h18-24H,3-17H2,1-2H3. The Labute approximate surface area is 209 Å². The molecular formula is C31H43F3O.